The molecule has 0 radical (unpaired) electrons. The molecule has 0 aliphatic carbocycles. The Hall–Kier alpha value is -3.25. The number of hydrogen-bond donors (Lipinski definition) is 2. The summed E-state index contributed by atoms with van der Waals surface area (Å²) in [4.78, 5) is 14.4. The quantitative estimate of drug-likeness (QED) is 0.278. The van der Waals surface area contributed by atoms with E-state index in [2.05, 4.69) is 29.4 Å². The largest absolute Gasteiger partial charge is 0.391 e. The number of imidazole rings is 1. The van der Waals surface area contributed by atoms with Crippen molar-refractivity contribution in [1.29, 1.82) is 0 Å². The van der Waals surface area contributed by atoms with E-state index in [0.29, 0.717) is 18.2 Å². The van der Waals surface area contributed by atoms with Gasteiger partial charge < -0.3 is 15.0 Å². The van der Waals surface area contributed by atoms with Crippen LogP contribution in [-0.2, 0) is 6.54 Å². The van der Waals surface area contributed by atoms with Gasteiger partial charge in [-0.25, -0.2) is 15.0 Å². The van der Waals surface area contributed by atoms with Crippen molar-refractivity contribution in [2.75, 3.05) is 5.32 Å². The van der Waals surface area contributed by atoms with Crippen LogP contribution < -0.4 is 5.32 Å². The summed E-state index contributed by atoms with van der Waals surface area (Å²) in [6.45, 7) is 4.70. The summed E-state index contributed by atoms with van der Waals surface area (Å²) in [5.74, 6) is 1.35. The lowest BCUT2D eigenvalue weighted by molar-refractivity contribution is 0.124. The first-order chi connectivity index (χ1) is 16.2. The van der Waals surface area contributed by atoms with E-state index in [1.807, 2.05) is 60.0 Å². The summed E-state index contributed by atoms with van der Waals surface area (Å²) >= 11 is 0. The molecule has 2 aromatic heterocycles. The second-order valence-electron chi connectivity index (χ2n) is 8.58. The van der Waals surface area contributed by atoms with E-state index in [0.717, 1.165) is 29.6 Å². The van der Waals surface area contributed by atoms with E-state index in [9.17, 15) is 5.11 Å². The Bertz CT molecular complexity index is 1140. The summed E-state index contributed by atoms with van der Waals surface area (Å²) in [7, 11) is 0. The smallest absolute Gasteiger partial charge is 0.166 e. The van der Waals surface area contributed by atoms with Crippen molar-refractivity contribution in [3.05, 3.63) is 72.6 Å². The molecule has 0 aliphatic heterocycles. The lowest BCUT2D eigenvalue weighted by atomic mass is 10.0. The minimum absolute atomic E-state index is 0.0765. The highest BCUT2D eigenvalue weighted by molar-refractivity contribution is 5.85. The van der Waals surface area contributed by atoms with Crippen LogP contribution in [0.15, 0.2) is 67.0 Å². The van der Waals surface area contributed by atoms with Crippen LogP contribution in [0.3, 0.4) is 0 Å². The number of nitrogens with one attached hydrogen (secondary N) is 1. The van der Waals surface area contributed by atoms with E-state index < -0.39 is 6.10 Å². The first-order valence-corrected chi connectivity index (χ1v) is 11.9. The van der Waals surface area contributed by atoms with Crippen molar-refractivity contribution in [3.8, 4) is 11.4 Å². The van der Waals surface area contributed by atoms with E-state index in [1.165, 1.54) is 24.8 Å². The molecule has 2 heterocycles. The SMILES string of the molecule is CCCCCC[C@@H]([C@H](C)O)n1cnc2c(NCc3ccccc3)nc(-c3ccccc3)nc21. The number of benzene rings is 2. The fourth-order valence-electron chi connectivity index (χ4n) is 4.17. The normalized spacial score (nSPS) is 13.2. The third kappa shape index (κ3) is 5.57. The molecule has 6 heteroatoms. The molecule has 4 rings (SSSR count). The Balaban J connectivity index is 1.72. The summed E-state index contributed by atoms with van der Waals surface area (Å²) in [6.07, 6.45) is 6.83. The maximum atomic E-state index is 10.6. The van der Waals surface area contributed by atoms with Gasteiger partial charge in [0.1, 0.15) is 5.52 Å². The number of fused-ring (bicyclic) bond motifs is 1. The Morgan fingerprint density at radius 3 is 2.36 bits per heavy atom. The lowest BCUT2D eigenvalue weighted by Gasteiger charge is -2.22. The van der Waals surface area contributed by atoms with E-state index in [1.54, 1.807) is 6.33 Å². The maximum Gasteiger partial charge on any atom is 0.166 e. The average molecular weight is 444 g/mol. The van der Waals surface area contributed by atoms with Gasteiger partial charge in [-0.2, -0.15) is 0 Å². The highest BCUT2D eigenvalue weighted by atomic mass is 16.3. The van der Waals surface area contributed by atoms with Crippen LogP contribution in [0.2, 0.25) is 0 Å². The monoisotopic (exact) mass is 443 g/mol. The fraction of sp³-hybridized carbons (Fsp3) is 0.370. The summed E-state index contributed by atoms with van der Waals surface area (Å²) < 4.78 is 2.04. The van der Waals surface area contributed by atoms with Gasteiger partial charge in [-0.3, -0.25) is 0 Å². The Morgan fingerprint density at radius 2 is 1.67 bits per heavy atom. The molecule has 0 fully saturated rings. The van der Waals surface area contributed by atoms with Gasteiger partial charge in [0.05, 0.1) is 18.5 Å². The van der Waals surface area contributed by atoms with Crippen LogP contribution in [-0.4, -0.2) is 30.7 Å². The molecule has 33 heavy (non-hydrogen) atoms. The van der Waals surface area contributed by atoms with Crippen molar-refractivity contribution in [2.45, 2.75) is 64.6 Å². The van der Waals surface area contributed by atoms with Gasteiger partial charge in [0.25, 0.3) is 0 Å². The van der Waals surface area contributed by atoms with Gasteiger partial charge in [0.2, 0.25) is 0 Å². The Kier molecular flexibility index (Phi) is 7.68. The predicted octanol–water partition coefficient (Wildman–Crippen LogP) is 6.00. The zero-order valence-electron chi connectivity index (χ0n) is 19.5. The summed E-state index contributed by atoms with van der Waals surface area (Å²) in [5, 5.41) is 14.1. The molecule has 0 saturated carbocycles. The number of unbranched alkanes of at least 4 members (excludes halogenated alkanes) is 3. The van der Waals surface area contributed by atoms with Crippen molar-refractivity contribution in [2.24, 2.45) is 0 Å². The van der Waals surface area contributed by atoms with Gasteiger partial charge in [0.15, 0.2) is 17.3 Å². The number of aliphatic hydroxyl groups excluding tert-OH is 1. The standard InChI is InChI=1S/C27H33N5O/c1-3-4-5-12-17-23(20(2)33)32-19-29-24-26(28-18-21-13-8-6-9-14-21)30-25(31-27(24)32)22-15-10-7-11-16-22/h6-11,13-16,19-20,23,33H,3-5,12,17-18H2,1-2H3,(H,28,30,31)/t20-,23-/m0/s1. The molecule has 172 valence electrons. The number of rotatable bonds is 11. The molecular formula is C27H33N5O. The molecule has 0 spiro atoms. The molecular weight excluding hydrogens is 410 g/mol. The summed E-state index contributed by atoms with van der Waals surface area (Å²) in [5.41, 5.74) is 3.60. The zero-order valence-corrected chi connectivity index (χ0v) is 19.5. The Labute approximate surface area is 195 Å². The van der Waals surface area contributed by atoms with E-state index >= 15 is 0 Å². The molecule has 0 bridgehead atoms. The topological polar surface area (TPSA) is 75.9 Å². The molecule has 4 aromatic rings. The van der Waals surface area contributed by atoms with Gasteiger partial charge in [-0.15, -0.1) is 0 Å². The minimum atomic E-state index is -0.500. The molecule has 2 aromatic carbocycles. The number of aliphatic hydroxyl groups is 1. The van der Waals surface area contributed by atoms with E-state index in [-0.39, 0.29) is 6.04 Å². The first-order valence-electron chi connectivity index (χ1n) is 11.9. The van der Waals surface area contributed by atoms with E-state index in [4.69, 9.17) is 9.97 Å². The van der Waals surface area contributed by atoms with Crippen molar-refractivity contribution < 1.29 is 5.11 Å². The van der Waals surface area contributed by atoms with Crippen LogP contribution >= 0.6 is 0 Å². The lowest BCUT2D eigenvalue weighted by Crippen LogP contribution is -2.21. The second-order valence-corrected chi connectivity index (χ2v) is 8.58. The van der Waals surface area contributed by atoms with Gasteiger partial charge >= 0.3 is 0 Å². The molecule has 0 aliphatic rings. The molecule has 6 nitrogen and oxygen atoms in total. The van der Waals surface area contributed by atoms with Crippen LogP contribution in [0, 0.1) is 0 Å². The van der Waals surface area contributed by atoms with Gasteiger partial charge in [-0.05, 0) is 18.9 Å². The maximum absolute atomic E-state index is 10.6. The van der Waals surface area contributed by atoms with Crippen molar-refractivity contribution in [1.82, 2.24) is 19.5 Å². The van der Waals surface area contributed by atoms with Crippen molar-refractivity contribution >= 4 is 17.0 Å². The predicted molar refractivity (Wildman–Crippen MR) is 134 cm³/mol. The molecule has 0 saturated heterocycles. The molecule has 2 atom stereocenters. The van der Waals surface area contributed by atoms with Crippen LogP contribution in [0.25, 0.3) is 22.6 Å². The Morgan fingerprint density at radius 1 is 0.939 bits per heavy atom. The third-order valence-electron chi connectivity index (χ3n) is 6.02. The molecule has 0 unspecified atom stereocenters. The van der Waals surface area contributed by atoms with Gasteiger partial charge in [-0.1, -0.05) is 93.3 Å². The highest BCUT2D eigenvalue weighted by Gasteiger charge is 2.22. The number of nitrogens with zero attached hydrogens (tertiary/aromatic N) is 4. The summed E-state index contributed by atoms with van der Waals surface area (Å²) in [6, 6.07) is 20.2. The van der Waals surface area contributed by atoms with Crippen LogP contribution in [0.4, 0.5) is 5.82 Å². The molecule has 2 N–H and O–H groups in total. The second kappa shape index (κ2) is 11.1. The molecule has 0 amide bonds. The average Bonchev–Trinajstić information content (AvgIpc) is 3.27. The van der Waals surface area contributed by atoms with Crippen molar-refractivity contribution in [3.63, 3.8) is 0 Å². The fourth-order valence-corrected chi connectivity index (χ4v) is 4.17. The minimum Gasteiger partial charge on any atom is -0.391 e. The highest BCUT2D eigenvalue weighted by Crippen LogP contribution is 2.29. The first kappa shape index (κ1) is 22.9. The number of aromatic nitrogens is 4. The van der Waals surface area contributed by atoms with Crippen LogP contribution in [0.5, 0.6) is 0 Å². The van der Waals surface area contributed by atoms with Gasteiger partial charge in [0, 0.05) is 12.1 Å². The third-order valence-corrected chi connectivity index (χ3v) is 6.02. The number of anilines is 1. The van der Waals surface area contributed by atoms with Crippen LogP contribution in [0.1, 0.15) is 57.6 Å². The zero-order chi connectivity index (χ0) is 23.0. The number of hydrogen-bond acceptors (Lipinski definition) is 5.